The smallest absolute Gasteiger partial charge is 0.0807 e. The van der Waals surface area contributed by atoms with Crippen LogP contribution in [0.15, 0.2) is 0 Å². The van der Waals surface area contributed by atoms with Gasteiger partial charge in [0.1, 0.15) is 0 Å². The van der Waals surface area contributed by atoms with Crippen molar-refractivity contribution in [3.05, 3.63) is 0 Å². The zero-order valence-corrected chi connectivity index (χ0v) is 9.88. The maximum Gasteiger partial charge on any atom is 0.0807 e. The van der Waals surface area contributed by atoms with E-state index in [1.54, 1.807) is 0 Å². The standard InChI is InChI=1S/C12H25NO/c1-10(2)11(3)14-12(9-13)7-5-4-6-8-12/h10-11H,4-9,13H2,1-3H3. The third-order valence-electron chi connectivity index (χ3n) is 3.51. The minimum absolute atomic E-state index is 0.00192. The summed E-state index contributed by atoms with van der Waals surface area (Å²) in [7, 11) is 0. The molecule has 1 unspecified atom stereocenters. The topological polar surface area (TPSA) is 35.2 Å². The molecule has 0 aromatic carbocycles. The molecule has 0 saturated heterocycles. The van der Waals surface area contributed by atoms with Gasteiger partial charge in [0, 0.05) is 6.54 Å². The highest BCUT2D eigenvalue weighted by molar-refractivity contribution is 4.86. The first kappa shape index (κ1) is 12.0. The third-order valence-corrected chi connectivity index (χ3v) is 3.51. The van der Waals surface area contributed by atoms with E-state index in [2.05, 4.69) is 20.8 Å². The van der Waals surface area contributed by atoms with Crippen LogP contribution in [0.25, 0.3) is 0 Å². The van der Waals surface area contributed by atoms with Gasteiger partial charge in [-0.25, -0.2) is 0 Å². The van der Waals surface area contributed by atoms with Gasteiger partial charge in [-0.3, -0.25) is 0 Å². The quantitative estimate of drug-likeness (QED) is 0.755. The van der Waals surface area contributed by atoms with Gasteiger partial charge in [-0.15, -0.1) is 0 Å². The summed E-state index contributed by atoms with van der Waals surface area (Å²) in [5.74, 6) is 0.584. The first-order valence-corrected chi connectivity index (χ1v) is 5.97. The van der Waals surface area contributed by atoms with E-state index in [0.717, 1.165) is 12.8 Å². The molecule has 0 aromatic heterocycles. The Labute approximate surface area is 88.2 Å². The molecule has 1 atom stereocenters. The predicted octanol–water partition coefficient (Wildman–Crippen LogP) is 2.71. The van der Waals surface area contributed by atoms with E-state index in [1.807, 2.05) is 0 Å². The van der Waals surface area contributed by atoms with E-state index in [4.69, 9.17) is 10.5 Å². The predicted molar refractivity (Wildman–Crippen MR) is 60.3 cm³/mol. The minimum Gasteiger partial charge on any atom is -0.370 e. The van der Waals surface area contributed by atoms with E-state index in [1.165, 1.54) is 19.3 Å². The molecule has 0 aliphatic heterocycles. The van der Waals surface area contributed by atoms with Gasteiger partial charge < -0.3 is 10.5 Å². The van der Waals surface area contributed by atoms with Crippen molar-refractivity contribution in [2.24, 2.45) is 11.7 Å². The first-order valence-electron chi connectivity index (χ1n) is 5.97. The van der Waals surface area contributed by atoms with E-state index in [9.17, 15) is 0 Å². The van der Waals surface area contributed by atoms with E-state index >= 15 is 0 Å². The Hall–Kier alpha value is -0.0800. The monoisotopic (exact) mass is 199 g/mol. The molecule has 2 nitrogen and oxygen atoms in total. The Kier molecular flexibility index (Phi) is 4.39. The Morgan fingerprint density at radius 3 is 2.14 bits per heavy atom. The van der Waals surface area contributed by atoms with Crippen LogP contribution < -0.4 is 5.73 Å². The van der Waals surface area contributed by atoms with Crippen LogP contribution in [0.4, 0.5) is 0 Å². The SMILES string of the molecule is CC(C)C(C)OC1(CN)CCCCC1. The van der Waals surface area contributed by atoms with Gasteiger partial charge in [-0.1, -0.05) is 33.1 Å². The van der Waals surface area contributed by atoms with Crippen LogP contribution in [0.5, 0.6) is 0 Å². The van der Waals surface area contributed by atoms with E-state index < -0.39 is 0 Å². The number of hydrogen-bond acceptors (Lipinski definition) is 2. The van der Waals surface area contributed by atoms with Crippen molar-refractivity contribution in [3.8, 4) is 0 Å². The molecule has 1 aliphatic carbocycles. The molecule has 2 N–H and O–H groups in total. The maximum atomic E-state index is 6.16. The van der Waals surface area contributed by atoms with Crippen LogP contribution in [-0.4, -0.2) is 18.2 Å². The first-order chi connectivity index (χ1) is 6.59. The number of rotatable bonds is 4. The number of nitrogens with two attached hydrogens (primary N) is 1. The maximum absolute atomic E-state index is 6.16. The van der Waals surface area contributed by atoms with Crippen LogP contribution in [0.3, 0.4) is 0 Å². The van der Waals surface area contributed by atoms with Gasteiger partial charge in [-0.2, -0.15) is 0 Å². The lowest BCUT2D eigenvalue weighted by molar-refractivity contribution is -0.115. The van der Waals surface area contributed by atoms with Crippen molar-refractivity contribution in [1.82, 2.24) is 0 Å². The van der Waals surface area contributed by atoms with Crippen molar-refractivity contribution in [2.75, 3.05) is 6.54 Å². The zero-order chi connectivity index (χ0) is 10.6. The second-order valence-electron chi connectivity index (χ2n) is 5.01. The molecular weight excluding hydrogens is 174 g/mol. The molecule has 0 bridgehead atoms. The normalized spacial score (nSPS) is 23.8. The Morgan fingerprint density at radius 1 is 1.14 bits per heavy atom. The van der Waals surface area contributed by atoms with Crippen molar-refractivity contribution < 1.29 is 4.74 Å². The fourth-order valence-electron chi connectivity index (χ4n) is 2.10. The third kappa shape index (κ3) is 2.96. The Bertz CT molecular complexity index is 162. The van der Waals surface area contributed by atoms with Crippen LogP contribution in [-0.2, 0) is 4.74 Å². The molecule has 14 heavy (non-hydrogen) atoms. The number of hydrogen-bond donors (Lipinski definition) is 1. The van der Waals surface area contributed by atoms with E-state index in [-0.39, 0.29) is 5.60 Å². The molecule has 0 spiro atoms. The summed E-state index contributed by atoms with van der Waals surface area (Å²) in [6, 6.07) is 0. The molecule has 0 radical (unpaired) electrons. The number of ether oxygens (including phenoxy) is 1. The molecule has 1 aliphatic rings. The van der Waals surface area contributed by atoms with Gasteiger partial charge in [0.2, 0.25) is 0 Å². The van der Waals surface area contributed by atoms with E-state index in [0.29, 0.717) is 18.6 Å². The summed E-state index contributed by atoms with van der Waals surface area (Å²) in [5, 5.41) is 0. The fraction of sp³-hybridized carbons (Fsp3) is 1.00. The van der Waals surface area contributed by atoms with Crippen molar-refractivity contribution >= 4 is 0 Å². The van der Waals surface area contributed by atoms with Crippen molar-refractivity contribution in [2.45, 2.75) is 64.6 Å². The van der Waals surface area contributed by atoms with Crippen molar-refractivity contribution in [3.63, 3.8) is 0 Å². The second-order valence-corrected chi connectivity index (χ2v) is 5.01. The highest BCUT2D eigenvalue weighted by Gasteiger charge is 2.33. The molecule has 0 aromatic rings. The highest BCUT2D eigenvalue weighted by atomic mass is 16.5. The highest BCUT2D eigenvalue weighted by Crippen LogP contribution is 2.32. The van der Waals surface area contributed by atoms with Crippen LogP contribution in [0, 0.1) is 5.92 Å². The van der Waals surface area contributed by atoms with Gasteiger partial charge in [-0.05, 0) is 25.7 Å². The molecule has 1 rings (SSSR count). The van der Waals surface area contributed by atoms with Crippen LogP contribution in [0.2, 0.25) is 0 Å². The molecule has 1 saturated carbocycles. The average molecular weight is 199 g/mol. The van der Waals surface area contributed by atoms with Gasteiger partial charge in [0.05, 0.1) is 11.7 Å². The second kappa shape index (κ2) is 5.13. The molecule has 84 valence electrons. The van der Waals surface area contributed by atoms with Gasteiger partial charge >= 0.3 is 0 Å². The summed E-state index contributed by atoms with van der Waals surface area (Å²) < 4.78 is 6.16. The Morgan fingerprint density at radius 2 is 1.71 bits per heavy atom. The van der Waals surface area contributed by atoms with Crippen LogP contribution >= 0.6 is 0 Å². The average Bonchev–Trinajstić information content (AvgIpc) is 2.19. The minimum atomic E-state index is 0.00192. The summed E-state index contributed by atoms with van der Waals surface area (Å²) in [6.45, 7) is 7.26. The molecule has 1 fully saturated rings. The van der Waals surface area contributed by atoms with Gasteiger partial charge in [0.15, 0.2) is 0 Å². The fourth-order valence-corrected chi connectivity index (χ4v) is 2.10. The summed E-state index contributed by atoms with van der Waals surface area (Å²) >= 11 is 0. The summed E-state index contributed by atoms with van der Waals surface area (Å²) in [4.78, 5) is 0. The molecule has 0 amide bonds. The summed E-state index contributed by atoms with van der Waals surface area (Å²) in [5.41, 5.74) is 5.86. The lowest BCUT2D eigenvalue weighted by Gasteiger charge is -2.39. The molecule has 2 heteroatoms. The molecular formula is C12H25NO. The lowest BCUT2D eigenvalue weighted by atomic mass is 9.84. The Balaban J connectivity index is 2.51. The molecule has 0 heterocycles. The largest absolute Gasteiger partial charge is 0.370 e. The zero-order valence-electron chi connectivity index (χ0n) is 9.88. The summed E-state index contributed by atoms with van der Waals surface area (Å²) in [6.07, 6.45) is 6.54. The van der Waals surface area contributed by atoms with Gasteiger partial charge in [0.25, 0.3) is 0 Å². The lowest BCUT2D eigenvalue weighted by Crippen LogP contribution is -2.45. The van der Waals surface area contributed by atoms with Crippen LogP contribution in [0.1, 0.15) is 52.9 Å². The van der Waals surface area contributed by atoms with Crippen molar-refractivity contribution in [1.29, 1.82) is 0 Å².